The van der Waals surface area contributed by atoms with Crippen LogP contribution in [0.4, 0.5) is 11.5 Å². The van der Waals surface area contributed by atoms with Crippen molar-refractivity contribution in [3.63, 3.8) is 0 Å². The van der Waals surface area contributed by atoms with Crippen LogP contribution in [0.2, 0.25) is 10.0 Å². The maximum atomic E-state index is 6.61. The van der Waals surface area contributed by atoms with Crippen LogP contribution in [0.5, 0.6) is 5.75 Å². The van der Waals surface area contributed by atoms with Crippen LogP contribution in [-0.2, 0) is 26.0 Å². The van der Waals surface area contributed by atoms with Gasteiger partial charge < -0.3 is 15.0 Å². The van der Waals surface area contributed by atoms with Crippen LogP contribution in [-0.4, -0.2) is 69.3 Å². The van der Waals surface area contributed by atoms with E-state index in [1.165, 1.54) is 21.7 Å². The molecule has 8 nitrogen and oxygen atoms in total. The third-order valence-electron chi connectivity index (χ3n) is 8.00. The lowest BCUT2D eigenvalue weighted by Crippen LogP contribution is -2.45. The van der Waals surface area contributed by atoms with Crippen LogP contribution >= 0.6 is 34.5 Å². The second-order valence-electron chi connectivity index (χ2n) is 10.9. The van der Waals surface area contributed by atoms with Gasteiger partial charge >= 0.3 is 0 Å². The number of thiophene rings is 1. The molecule has 216 valence electrons. The van der Waals surface area contributed by atoms with E-state index in [9.17, 15) is 0 Å². The molecule has 0 saturated carbocycles. The van der Waals surface area contributed by atoms with Crippen LogP contribution in [0.15, 0.2) is 55.0 Å². The first-order valence-electron chi connectivity index (χ1n) is 14.2. The molecule has 0 spiro atoms. The van der Waals surface area contributed by atoms with Crippen LogP contribution in [0.25, 0.3) is 20.7 Å². The monoisotopic (exact) mass is 619 g/mol. The first-order valence-corrected chi connectivity index (χ1v) is 15.8. The average molecular weight is 621 g/mol. The highest BCUT2D eigenvalue weighted by Crippen LogP contribution is 2.45. The molecule has 4 heterocycles. The molecule has 2 aliphatic rings. The number of aryl methyl sites for hydroxylation is 2. The Bertz CT molecular complexity index is 1740. The number of halogens is 2. The highest BCUT2D eigenvalue weighted by Gasteiger charge is 2.26. The zero-order valence-electron chi connectivity index (χ0n) is 23.3. The highest BCUT2D eigenvalue weighted by molar-refractivity contribution is 7.22. The molecular formula is C31H31Cl2N7OS. The van der Waals surface area contributed by atoms with E-state index >= 15 is 0 Å². The minimum Gasteiger partial charge on any atom is -0.487 e. The van der Waals surface area contributed by atoms with E-state index < -0.39 is 0 Å². The number of nitrogens with zero attached hydrogens (tertiary/aromatic N) is 6. The van der Waals surface area contributed by atoms with E-state index in [1.54, 1.807) is 17.7 Å². The van der Waals surface area contributed by atoms with Crippen LogP contribution in [0.3, 0.4) is 0 Å². The van der Waals surface area contributed by atoms with Gasteiger partial charge in [0.1, 0.15) is 29.3 Å². The van der Waals surface area contributed by atoms with E-state index in [1.807, 2.05) is 42.5 Å². The number of piperazine rings is 1. The topological polar surface area (TPSA) is 71.3 Å². The Balaban J connectivity index is 1.09. The van der Waals surface area contributed by atoms with Gasteiger partial charge in [0.05, 0.1) is 22.6 Å². The normalized spacial score (nSPS) is 15.5. The minimum atomic E-state index is 0.384. The van der Waals surface area contributed by atoms with E-state index in [-0.39, 0.29) is 0 Å². The Morgan fingerprint density at radius 1 is 1.00 bits per heavy atom. The fourth-order valence-electron chi connectivity index (χ4n) is 5.67. The van der Waals surface area contributed by atoms with Crippen molar-refractivity contribution in [1.29, 1.82) is 0 Å². The number of likely N-dealkylation sites (N-methyl/N-ethyl adjacent to an activating group) is 1. The van der Waals surface area contributed by atoms with Gasteiger partial charge in [0.15, 0.2) is 0 Å². The average Bonchev–Trinajstić information content (AvgIpc) is 3.58. The number of nitrogens with one attached hydrogen (secondary N) is 1. The van der Waals surface area contributed by atoms with Crippen LogP contribution < -0.4 is 10.1 Å². The summed E-state index contributed by atoms with van der Waals surface area (Å²) in [4.78, 5) is 16.4. The van der Waals surface area contributed by atoms with Gasteiger partial charge in [0.2, 0.25) is 0 Å². The molecule has 1 N–H and O–H groups in total. The van der Waals surface area contributed by atoms with E-state index in [2.05, 4.69) is 43.0 Å². The standard InChI is InChI=1S/C31H31Cl2N7OS/c1-38-9-11-39(12-10-38)13-14-40-17-24-26(37-40)7-6-23-28-30(34-19-35-31(28)42-29(23)24)36-22-5-8-27(25(33)16-22)41-18-20-3-2-4-21(32)15-20/h2-5,8,15-17,19H,6-7,9-14,18H2,1H3,(H,34,35,36). The lowest BCUT2D eigenvalue weighted by molar-refractivity contribution is 0.148. The Kier molecular flexibility index (Phi) is 7.77. The number of hydrogen-bond donors (Lipinski definition) is 1. The van der Waals surface area contributed by atoms with Crippen molar-refractivity contribution >= 4 is 56.3 Å². The van der Waals surface area contributed by atoms with Crippen molar-refractivity contribution in [2.75, 3.05) is 45.1 Å². The third-order valence-corrected chi connectivity index (χ3v) is 9.70. The van der Waals surface area contributed by atoms with Crippen molar-refractivity contribution in [2.24, 2.45) is 0 Å². The molecule has 1 aliphatic carbocycles. The molecule has 1 saturated heterocycles. The molecule has 42 heavy (non-hydrogen) atoms. The van der Waals surface area contributed by atoms with Gasteiger partial charge in [-0.2, -0.15) is 5.10 Å². The summed E-state index contributed by atoms with van der Waals surface area (Å²) in [6, 6.07) is 13.3. The third kappa shape index (κ3) is 5.72. The van der Waals surface area contributed by atoms with Gasteiger partial charge in [-0.05, 0) is 61.3 Å². The first-order chi connectivity index (χ1) is 20.5. The fourth-order valence-corrected chi connectivity index (χ4v) is 7.34. The maximum Gasteiger partial charge on any atom is 0.142 e. The number of aromatic nitrogens is 4. The second kappa shape index (κ2) is 11.8. The van der Waals surface area contributed by atoms with Crippen LogP contribution in [0, 0.1) is 0 Å². The summed E-state index contributed by atoms with van der Waals surface area (Å²) < 4.78 is 8.08. The Morgan fingerprint density at radius 3 is 2.71 bits per heavy atom. The number of hydrogen-bond acceptors (Lipinski definition) is 8. The van der Waals surface area contributed by atoms with E-state index in [0.717, 1.165) is 79.4 Å². The quantitative estimate of drug-likeness (QED) is 0.212. The van der Waals surface area contributed by atoms with Gasteiger partial charge in [-0.1, -0.05) is 35.3 Å². The van der Waals surface area contributed by atoms with Gasteiger partial charge in [-0.3, -0.25) is 9.58 Å². The second-order valence-corrected chi connectivity index (χ2v) is 12.7. The SMILES string of the molecule is CN1CCN(CCn2cc3c(n2)CCc2c-3sc3ncnc(Nc4ccc(OCc5cccc(Cl)c5)c(Cl)c4)c23)CC1. The molecule has 1 aliphatic heterocycles. The van der Waals surface area contributed by atoms with Crippen molar-refractivity contribution in [2.45, 2.75) is 26.0 Å². The Hall–Kier alpha value is -3.21. The lowest BCUT2D eigenvalue weighted by atomic mass is 9.95. The molecule has 0 unspecified atom stereocenters. The van der Waals surface area contributed by atoms with Crippen LogP contribution in [0.1, 0.15) is 16.8 Å². The molecule has 11 heteroatoms. The molecular weight excluding hydrogens is 589 g/mol. The summed E-state index contributed by atoms with van der Waals surface area (Å²) in [5.41, 5.74) is 5.51. The molecule has 5 aromatic rings. The zero-order chi connectivity index (χ0) is 28.6. The summed E-state index contributed by atoms with van der Waals surface area (Å²) >= 11 is 14.4. The summed E-state index contributed by atoms with van der Waals surface area (Å²) in [7, 11) is 2.19. The number of benzene rings is 2. The summed E-state index contributed by atoms with van der Waals surface area (Å²) in [6.45, 7) is 6.82. The summed E-state index contributed by atoms with van der Waals surface area (Å²) in [5, 5.41) is 10.7. The number of rotatable bonds is 8. The summed E-state index contributed by atoms with van der Waals surface area (Å²) in [6.07, 6.45) is 5.67. The molecule has 0 bridgehead atoms. The maximum absolute atomic E-state index is 6.61. The highest BCUT2D eigenvalue weighted by atomic mass is 35.5. The zero-order valence-corrected chi connectivity index (χ0v) is 25.6. The van der Waals surface area contributed by atoms with E-state index in [0.29, 0.717) is 22.4 Å². The summed E-state index contributed by atoms with van der Waals surface area (Å²) in [5.74, 6) is 1.40. The molecule has 1 fully saturated rings. The predicted octanol–water partition coefficient (Wildman–Crippen LogP) is 6.53. The molecule has 2 aromatic carbocycles. The smallest absolute Gasteiger partial charge is 0.142 e. The van der Waals surface area contributed by atoms with Crippen molar-refractivity contribution < 1.29 is 4.74 Å². The number of fused-ring (bicyclic) bond motifs is 5. The molecule has 3 aromatic heterocycles. The molecule has 0 atom stereocenters. The van der Waals surface area contributed by atoms with Gasteiger partial charge in [-0.15, -0.1) is 11.3 Å². The van der Waals surface area contributed by atoms with Gasteiger partial charge in [0, 0.05) is 60.1 Å². The van der Waals surface area contributed by atoms with Gasteiger partial charge in [0.25, 0.3) is 0 Å². The molecule has 0 amide bonds. The lowest BCUT2D eigenvalue weighted by Gasteiger charge is -2.32. The van der Waals surface area contributed by atoms with Gasteiger partial charge in [-0.25, -0.2) is 9.97 Å². The largest absolute Gasteiger partial charge is 0.487 e. The van der Waals surface area contributed by atoms with Crippen molar-refractivity contribution in [3.05, 3.63) is 81.9 Å². The Labute approximate surface area is 258 Å². The minimum absolute atomic E-state index is 0.384. The van der Waals surface area contributed by atoms with Crippen molar-refractivity contribution in [1.82, 2.24) is 29.5 Å². The van der Waals surface area contributed by atoms with E-state index in [4.69, 9.17) is 33.0 Å². The van der Waals surface area contributed by atoms with Crippen molar-refractivity contribution in [3.8, 4) is 16.2 Å². The number of anilines is 2. The Morgan fingerprint density at radius 2 is 1.88 bits per heavy atom. The molecule has 0 radical (unpaired) electrons. The molecule has 7 rings (SSSR count). The fraction of sp³-hybridized carbons (Fsp3) is 0.323. The predicted molar refractivity (Wildman–Crippen MR) is 170 cm³/mol. The first kappa shape index (κ1) is 27.6. The number of ether oxygens (including phenoxy) is 1.